The number of thioether (sulfide) groups is 1. The number of hydrogen-bond acceptors (Lipinski definition) is 5. The van der Waals surface area contributed by atoms with Crippen LogP contribution in [0.15, 0.2) is 47.9 Å². The molecular weight excluding hydrogens is 381 g/mol. The normalized spacial score (nSPS) is 10.7. The van der Waals surface area contributed by atoms with Crippen molar-refractivity contribution in [2.45, 2.75) is 19.0 Å². The fourth-order valence-electron chi connectivity index (χ4n) is 2.47. The van der Waals surface area contributed by atoms with Gasteiger partial charge in [0.1, 0.15) is 12.1 Å². The molecule has 0 unspecified atom stereocenters. The van der Waals surface area contributed by atoms with Crippen LogP contribution >= 0.6 is 11.8 Å². The van der Waals surface area contributed by atoms with Crippen LogP contribution in [0.4, 0.5) is 10.1 Å². The zero-order valence-corrected chi connectivity index (χ0v) is 16.1. The highest BCUT2D eigenvalue weighted by Gasteiger charge is 2.14. The van der Waals surface area contributed by atoms with E-state index >= 15 is 0 Å². The Morgan fingerprint density at radius 3 is 2.61 bits per heavy atom. The fourth-order valence-corrected chi connectivity index (χ4v) is 3.20. The molecule has 0 aliphatic heterocycles. The summed E-state index contributed by atoms with van der Waals surface area (Å²) in [4.78, 5) is 23.6. The molecule has 0 saturated carbocycles. The summed E-state index contributed by atoms with van der Waals surface area (Å²) in [7, 11) is 0. The summed E-state index contributed by atoms with van der Waals surface area (Å²) in [5.41, 5.74) is 7.63. The van der Waals surface area contributed by atoms with E-state index in [-0.39, 0.29) is 28.5 Å². The summed E-state index contributed by atoms with van der Waals surface area (Å²) in [5, 5.41) is 11.1. The Labute approximate surface area is 165 Å². The lowest BCUT2D eigenvalue weighted by molar-refractivity contribution is -0.113. The van der Waals surface area contributed by atoms with Gasteiger partial charge in [0.05, 0.1) is 5.75 Å². The Bertz CT molecular complexity index is 1030. The second kappa shape index (κ2) is 8.22. The van der Waals surface area contributed by atoms with E-state index in [1.54, 1.807) is 10.9 Å². The first-order chi connectivity index (χ1) is 13.3. The molecular formula is C19H18FN5O2S. The quantitative estimate of drug-likeness (QED) is 0.621. The molecule has 1 heterocycles. The van der Waals surface area contributed by atoms with E-state index in [0.29, 0.717) is 5.16 Å². The van der Waals surface area contributed by atoms with Gasteiger partial charge in [-0.15, -0.1) is 10.2 Å². The number of carbonyl (C=O) groups is 2. The van der Waals surface area contributed by atoms with Crippen LogP contribution in [0.2, 0.25) is 0 Å². The van der Waals surface area contributed by atoms with Gasteiger partial charge in [0.25, 0.3) is 0 Å². The molecule has 0 aliphatic carbocycles. The van der Waals surface area contributed by atoms with Crippen LogP contribution in [0.5, 0.6) is 0 Å². The Morgan fingerprint density at radius 2 is 1.93 bits per heavy atom. The van der Waals surface area contributed by atoms with Crippen LogP contribution in [0.1, 0.15) is 21.5 Å². The first kappa shape index (κ1) is 19.6. The van der Waals surface area contributed by atoms with Gasteiger partial charge in [0.2, 0.25) is 11.8 Å². The van der Waals surface area contributed by atoms with Crippen LogP contribution in [0.3, 0.4) is 0 Å². The fraction of sp³-hybridized carbons (Fsp3) is 0.158. The first-order valence-corrected chi connectivity index (χ1v) is 9.33. The Morgan fingerprint density at radius 1 is 1.21 bits per heavy atom. The van der Waals surface area contributed by atoms with Crippen molar-refractivity contribution in [1.82, 2.24) is 14.8 Å². The topological polar surface area (TPSA) is 103 Å². The molecule has 7 nitrogen and oxygen atoms in total. The maximum Gasteiger partial charge on any atom is 0.248 e. The highest BCUT2D eigenvalue weighted by atomic mass is 32.2. The molecule has 144 valence electrons. The lowest BCUT2D eigenvalue weighted by Crippen LogP contribution is -2.18. The zero-order chi connectivity index (χ0) is 20.3. The van der Waals surface area contributed by atoms with Crippen molar-refractivity contribution in [3.8, 4) is 5.69 Å². The molecule has 1 aromatic heterocycles. The third-order valence-electron chi connectivity index (χ3n) is 4.06. The highest BCUT2D eigenvalue weighted by Crippen LogP contribution is 2.23. The summed E-state index contributed by atoms with van der Waals surface area (Å²) < 4.78 is 15.7. The maximum absolute atomic E-state index is 13.9. The average molecular weight is 399 g/mol. The summed E-state index contributed by atoms with van der Waals surface area (Å²) in [6, 6.07) is 10.2. The predicted octanol–water partition coefficient (Wildman–Crippen LogP) is 2.85. The van der Waals surface area contributed by atoms with Crippen molar-refractivity contribution in [2.75, 3.05) is 11.1 Å². The summed E-state index contributed by atoms with van der Waals surface area (Å²) in [5.74, 6) is -1.72. The molecule has 0 bridgehead atoms. The van der Waals surface area contributed by atoms with Gasteiger partial charge in [-0.1, -0.05) is 29.5 Å². The van der Waals surface area contributed by atoms with E-state index in [4.69, 9.17) is 5.73 Å². The molecule has 0 fully saturated rings. The van der Waals surface area contributed by atoms with Crippen molar-refractivity contribution >= 4 is 29.3 Å². The van der Waals surface area contributed by atoms with E-state index in [2.05, 4.69) is 15.5 Å². The molecule has 3 aromatic rings. The number of aryl methyl sites for hydroxylation is 1. The SMILES string of the molecule is Cc1ccc(-n2cnnc2SCC(=O)Nc2cc(C(N)=O)cc(F)c2C)cc1. The number of primary amides is 1. The molecule has 0 spiro atoms. The number of nitrogens with two attached hydrogens (primary N) is 1. The number of nitrogens with one attached hydrogen (secondary N) is 1. The Kier molecular flexibility index (Phi) is 5.74. The average Bonchev–Trinajstić information content (AvgIpc) is 3.12. The molecule has 0 saturated heterocycles. The molecule has 2 aromatic carbocycles. The zero-order valence-electron chi connectivity index (χ0n) is 15.3. The first-order valence-electron chi connectivity index (χ1n) is 8.35. The number of rotatable bonds is 6. The van der Waals surface area contributed by atoms with Gasteiger partial charge in [0.15, 0.2) is 5.16 Å². The van der Waals surface area contributed by atoms with E-state index in [0.717, 1.165) is 17.3 Å². The van der Waals surface area contributed by atoms with Crippen molar-refractivity contribution in [3.05, 3.63) is 65.2 Å². The van der Waals surface area contributed by atoms with Crippen LogP contribution in [-0.4, -0.2) is 32.3 Å². The Hall–Kier alpha value is -3.20. The van der Waals surface area contributed by atoms with Crippen LogP contribution in [0, 0.1) is 19.7 Å². The van der Waals surface area contributed by atoms with Crippen LogP contribution in [-0.2, 0) is 4.79 Å². The summed E-state index contributed by atoms with van der Waals surface area (Å²) >= 11 is 1.19. The molecule has 9 heteroatoms. The number of aromatic nitrogens is 3. The van der Waals surface area contributed by atoms with E-state index in [1.165, 1.54) is 24.8 Å². The summed E-state index contributed by atoms with van der Waals surface area (Å²) in [6.45, 7) is 3.50. The minimum atomic E-state index is -0.769. The van der Waals surface area contributed by atoms with Gasteiger partial charge in [-0.3, -0.25) is 14.2 Å². The van der Waals surface area contributed by atoms with E-state index < -0.39 is 11.7 Å². The number of amides is 2. The monoisotopic (exact) mass is 399 g/mol. The van der Waals surface area contributed by atoms with E-state index in [9.17, 15) is 14.0 Å². The summed E-state index contributed by atoms with van der Waals surface area (Å²) in [6.07, 6.45) is 1.57. The van der Waals surface area contributed by atoms with Gasteiger partial charge in [-0.05, 0) is 38.1 Å². The maximum atomic E-state index is 13.9. The van der Waals surface area contributed by atoms with Gasteiger partial charge < -0.3 is 11.1 Å². The Balaban J connectivity index is 1.70. The number of nitrogens with zero attached hydrogens (tertiary/aromatic N) is 3. The highest BCUT2D eigenvalue weighted by molar-refractivity contribution is 7.99. The second-order valence-electron chi connectivity index (χ2n) is 6.15. The minimum Gasteiger partial charge on any atom is -0.366 e. The number of halogens is 1. The predicted molar refractivity (Wildman–Crippen MR) is 105 cm³/mol. The molecule has 0 aliphatic rings. The molecule has 2 amide bonds. The number of carbonyl (C=O) groups excluding carboxylic acids is 2. The molecule has 0 radical (unpaired) electrons. The van der Waals surface area contributed by atoms with E-state index in [1.807, 2.05) is 31.2 Å². The van der Waals surface area contributed by atoms with Crippen molar-refractivity contribution in [1.29, 1.82) is 0 Å². The van der Waals surface area contributed by atoms with Crippen LogP contribution < -0.4 is 11.1 Å². The largest absolute Gasteiger partial charge is 0.366 e. The van der Waals surface area contributed by atoms with Crippen LogP contribution in [0.25, 0.3) is 5.69 Å². The van der Waals surface area contributed by atoms with Gasteiger partial charge >= 0.3 is 0 Å². The van der Waals surface area contributed by atoms with Gasteiger partial charge in [-0.25, -0.2) is 4.39 Å². The molecule has 0 atom stereocenters. The second-order valence-corrected chi connectivity index (χ2v) is 7.09. The lowest BCUT2D eigenvalue weighted by Gasteiger charge is -2.11. The van der Waals surface area contributed by atoms with Gasteiger partial charge in [0, 0.05) is 22.5 Å². The molecule has 28 heavy (non-hydrogen) atoms. The van der Waals surface area contributed by atoms with Crippen molar-refractivity contribution in [2.24, 2.45) is 5.73 Å². The number of benzene rings is 2. The third kappa shape index (κ3) is 4.37. The molecule has 3 rings (SSSR count). The number of hydrogen-bond donors (Lipinski definition) is 2. The number of anilines is 1. The van der Waals surface area contributed by atoms with Crippen molar-refractivity contribution < 1.29 is 14.0 Å². The lowest BCUT2D eigenvalue weighted by atomic mass is 10.1. The molecule has 3 N–H and O–H groups in total. The third-order valence-corrected chi connectivity index (χ3v) is 5.01. The standard InChI is InChI=1S/C19H18FN5O2S/c1-11-3-5-14(6-4-11)25-10-22-24-19(25)28-9-17(26)23-16-8-13(18(21)27)7-15(20)12(16)2/h3-8,10H,9H2,1-2H3,(H2,21,27)(H,23,26). The van der Waals surface area contributed by atoms with Crippen molar-refractivity contribution in [3.63, 3.8) is 0 Å². The smallest absolute Gasteiger partial charge is 0.248 e. The minimum absolute atomic E-state index is 0.00910. The van der Waals surface area contributed by atoms with Gasteiger partial charge in [-0.2, -0.15) is 0 Å².